The van der Waals surface area contributed by atoms with Crippen LogP contribution in [0.5, 0.6) is 0 Å². The molecule has 2 rings (SSSR count). The minimum Gasteiger partial charge on any atom is -0.350 e. The lowest BCUT2D eigenvalue weighted by molar-refractivity contribution is -0.141. The third kappa shape index (κ3) is 9.50. The van der Waals surface area contributed by atoms with Gasteiger partial charge in [0.15, 0.2) is 0 Å². The van der Waals surface area contributed by atoms with Crippen molar-refractivity contribution in [2.24, 2.45) is 0 Å². The maximum absolute atomic E-state index is 13.5. The average molecular weight is 530 g/mol. The summed E-state index contributed by atoms with van der Waals surface area (Å²) < 4.78 is 26.5. The van der Waals surface area contributed by atoms with Crippen molar-refractivity contribution >= 4 is 27.5 Å². The zero-order valence-corrected chi connectivity index (χ0v) is 24.2. The van der Waals surface area contributed by atoms with Gasteiger partial charge in [-0.3, -0.25) is 13.9 Å². The Bertz CT molecular complexity index is 1160. The lowest BCUT2D eigenvalue weighted by Crippen LogP contribution is -2.54. The number of anilines is 1. The number of amides is 2. The van der Waals surface area contributed by atoms with Gasteiger partial charge in [-0.2, -0.15) is 0 Å². The summed E-state index contributed by atoms with van der Waals surface area (Å²) in [6, 6.07) is 14.8. The summed E-state index contributed by atoms with van der Waals surface area (Å²) in [5, 5.41) is 3.01. The first-order valence-electron chi connectivity index (χ1n) is 12.9. The third-order valence-corrected chi connectivity index (χ3v) is 7.49. The molecule has 0 aliphatic carbocycles. The van der Waals surface area contributed by atoms with E-state index in [4.69, 9.17) is 0 Å². The number of rotatable bonds is 12. The number of sulfonamides is 1. The second-order valence-electron chi connectivity index (χ2n) is 10.7. The smallest absolute Gasteiger partial charge is 0.243 e. The Balaban J connectivity index is 2.19. The number of benzene rings is 2. The monoisotopic (exact) mass is 529 g/mol. The molecule has 0 spiro atoms. The Morgan fingerprint density at radius 1 is 0.973 bits per heavy atom. The number of hydrogen-bond acceptors (Lipinski definition) is 4. The van der Waals surface area contributed by atoms with Crippen LogP contribution in [0.2, 0.25) is 0 Å². The number of hydrogen-bond donors (Lipinski definition) is 1. The number of aryl methyl sites for hydroxylation is 2. The maximum atomic E-state index is 13.5. The van der Waals surface area contributed by atoms with Crippen LogP contribution in [0, 0.1) is 13.8 Å². The lowest BCUT2D eigenvalue weighted by Gasteiger charge is -2.33. The fourth-order valence-electron chi connectivity index (χ4n) is 4.23. The molecule has 7 nitrogen and oxygen atoms in total. The van der Waals surface area contributed by atoms with Crippen molar-refractivity contribution in [3.63, 3.8) is 0 Å². The van der Waals surface area contributed by atoms with E-state index in [2.05, 4.69) is 5.32 Å². The Hall–Kier alpha value is -2.87. The second kappa shape index (κ2) is 13.1. The van der Waals surface area contributed by atoms with Crippen LogP contribution in [0.25, 0.3) is 0 Å². The first kappa shape index (κ1) is 30.4. The highest BCUT2D eigenvalue weighted by Crippen LogP contribution is 2.22. The molecule has 0 saturated carbocycles. The van der Waals surface area contributed by atoms with Crippen molar-refractivity contribution in [3.05, 3.63) is 65.2 Å². The first-order chi connectivity index (χ1) is 17.2. The van der Waals surface area contributed by atoms with Gasteiger partial charge in [-0.25, -0.2) is 8.42 Å². The minimum atomic E-state index is -3.52. The Morgan fingerprint density at radius 2 is 1.62 bits per heavy atom. The number of nitrogens with zero attached hydrogens (tertiary/aromatic N) is 2. The van der Waals surface area contributed by atoms with E-state index in [1.54, 1.807) is 11.0 Å². The fraction of sp³-hybridized carbons (Fsp3) is 0.517. The summed E-state index contributed by atoms with van der Waals surface area (Å²) in [7, 11) is -3.52. The van der Waals surface area contributed by atoms with Crippen molar-refractivity contribution in [1.29, 1.82) is 0 Å². The van der Waals surface area contributed by atoms with E-state index in [0.717, 1.165) is 16.7 Å². The topological polar surface area (TPSA) is 86.8 Å². The number of carbonyl (C=O) groups excluding carboxylic acids is 2. The number of carbonyl (C=O) groups is 2. The molecule has 8 heteroatoms. The van der Waals surface area contributed by atoms with Gasteiger partial charge in [0.05, 0.1) is 11.9 Å². The van der Waals surface area contributed by atoms with Crippen LogP contribution in [-0.4, -0.2) is 56.1 Å². The second-order valence-corrected chi connectivity index (χ2v) is 12.6. The average Bonchev–Trinajstić information content (AvgIpc) is 2.80. The highest BCUT2D eigenvalue weighted by atomic mass is 32.2. The quantitative estimate of drug-likeness (QED) is 0.435. The molecule has 0 aliphatic heterocycles. The van der Waals surface area contributed by atoms with E-state index < -0.39 is 21.6 Å². The molecule has 0 bridgehead atoms. The molecule has 0 aliphatic rings. The molecular formula is C29H43N3O4S. The van der Waals surface area contributed by atoms with Gasteiger partial charge in [0.1, 0.15) is 6.04 Å². The van der Waals surface area contributed by atoms with Crippen molar-refractivity contribution < 1.29 is 18.0 Å². The fourth-order valence-corrected chi connectivity index (χ4v) is 5.19. The predicted molar refractivity (Wildman–Crippen MR) is 151 cm³/mol. The molecule has 37 heavy (non-hydrogen) atoms. The van der Waals surface area contributed by atoms with Gasteiger partial charge in [-0.15, -0.1) is 0 Å². The summed E-state index contributed by atoms with van der Waals surface area (Å²) in [6.07, 6.45) is 2.79. The SMILES string of the molecule is CCC(C(=O)NC(C)(C)C)N(CCc1ccccc1)C(=O)CCCN(c1ccc(C)c(C)c1)S(C)(=O)=O. The summed E-state index contributed by atoms with van der Waals surface area (Å²) in [4.78, 5) is 28.3. The molecule has 2 amide bonds. The summed E-state index contributed by atoms with van der Waals surface area (Å²) >= 11 is 0. The number of nitrogens with one attached hydrogen (secondary N) is 1. The lowest BCUT2D eigenvalue weighted by atomic mass is 10.0. The molecule has 0 heterocycles. The zero-order chi connectivity index (χ0) is 27.8. The van der Waals surface area contributed by atoms with Crippen molar-refractivity contribution in [2.75, 3.05) is 23.7 Å². The van der Waals surface area contributed by atoms with Crippen LogP contribution < -0.4 is 9.62 Å². The van der Waals surface area contributed by atoms with Gasteiger partial charge in [-0.1, -0.05) is 43.3 Å². The largest absolute Gasteiger partial charge is 0.350 e. The molecular weight excluding hydrogens is 486 g/mol. The Labute approximate surface area is 223 Å². The highest BCUT2D eigenvalue weighted by molar-refractivity contribution is 7.92. The van der Waals surface area contributed by atoms with Gasteiger partial charge in [-0.05, 0) is 82.7 Å². The van der Waals surface area contributed by atoms with Gasteiger partial charge < -0.3 is 10.2 Å². The Kier molecular flexibility index (Phi) is 10.7. The summed E-state index contributed by atoms with van der Waals surface area (Å²) in [6.45, 7) is 12.2. The predicted octanol–water partition coefficient (Wildman–Crippen LogP) is 4.61. The summed E-state index contributed by atoms with van der Waals surface area (Å²) in [5.74, 6) is -0.329. The molecule has 0 radical (unpaired) electrons. The normalized spacial score (nSPS) is 12.6. The van der Waals surface area contributed by atoms with Crippen molar-refractivity contribution in [1.82, 2.24) is 10.2 Å². The first-order valence-corrected chi connectivity index (χ1v) is 14.8. The third-order valence-electron chi connectivity index (χ3n) is 6.30. The molecule has 1 unspecified atom stereocenters. The molecule has 1 N–H and O–H groups in total. The van der Waals surface area contributed by atoms with Gasteiger partial charge in [0.25, 0.3) is 0 Å². The van der Waals surface area contributed by atoms with E-state index in [-0.39, 0.29) is 24.8 Å². The van der Waals surface area contributed by atoms with Crippen LogP contribution in [0.15, 0.2) is 48.5 Å². The van der Waals surface area contributed by atoms with Crippen LogP contribution in [0.1, 0.15) is 63.6 Å². The van der Waals surface area contributed by atoms with Crippen LogP contribution in [-0.2, 0) is 26.0 Å². The molecule has 1 atom stereocenters. The highest BCUT2D eigenvalue weighted by Gasteiger charge is 2.30. The van der Waals surface area contributed by atoms with Crippen LogP contribution in [0.4, 0.5) is 5.69 Å². The molecule has 204 valence electrons. The van der Waals surface area contributed by atoms with E-state index in [1.165, 1.54) is 10.6 Å². The van der Waals surface area contributed by atoms with Crippen molar-refractivity contribution in [2.45, 2.75) is 78.8 Å². The van der Waals surface area contributed by atoms with E-state index in [1.807, 2.05) is 84.0 Å². The standard InChI is InChI=1S/C29H43N3O4S/c1-8-26(28(34)30-29(4,5)6)31(20-18-24-13-10-9-11-14-24)27(33)15-12-19-32(37(7,35)36)25-17-16-22(2)23(3)21-25/h9-11,13-14,16-17,21,26H,8,12,15,18-20H2,1-7H3,(H,30,34). The minimum absolute atomic E-state index is 0.144. The van der Waals surface area contributed by atoms with Crippen LogP contribution in [0.3, 0.4) is 0 Å². The molecule has 0 saturated heterocycles. The summed E-state index contributed by atoms with van der Waals surface area (Å²) in [5.41, 5.74) is 3.35. The van der Waals surface area contributed by atoms with Crippen molar-refractivity contribution in [3.8, 4) is 0 Å². The van der Waals surface area contributed by atoms with E-state index in [0.29, 0.717) is 31.5 Å². The molecule has 0 aromatic heterocycles. The Morgan fingerprint density at radius 3 is 2.16 bits per heavy atom. The molecule has 0 fully saturated rings. The van der Waals surface area contributed by atoms with Gasteiger partial charge in [0, 0.05) is 25.0 Å². The van der Waals surface area contributed by atoms with Gasteiger partial charge >= 0.3 is 0 Å². The molecule has 2 aromatic rings. The maximum Gasteiger partial charge on any atom is 0.243 e. The van der Waals surface area contributed by atoms with E-state index in [9.17, 15) is 18.0 Å². The van der Waals surface area contributed by atoms with Crippen LogP contribution >= 0.6 is 0 Å². The zero-order valence-electron chi connectivity index (χ0n) is 23.4. The van der Waals surface area contributed by atoms with Gasteiger partial charge in [0.2, 0.25) is 21.8 Å². The molecule has 2 aromatic carbocycles. The van der Waals surface area contributed by atoms with E-state index >= 15 is 0 Å².